The Morgan fingerprint density at radius 3 is 2.43 bits per heavy atom. The average molecular weight is 237 g/mol. The van der Waals surface area contributed by atoms with Crippen LogP contribution in [0.5, 0.6) is 0 Å². The molecule has 0 aliphatic carbocycles. The van der Waals surface area contributed by atoms with Gasteiger partial charge in [0, 0.05) is 26.2 Å². The van der Waals surface area contributed by atoms with Crippen molar-refractivity contribution in [2.45, 2.75) is 0 Å². The molecule has 1 aliphatic heterocycles. The van der Waals surface area contributed by atoms with Crippen LogP contribution in [0.3, 0.4) is 0 Å². The maximum Gasteiger partial charge on any atom is 0.0729 e. The van der Waals surface area contributed by atoms with Crippen LogP contribution >= 0.6 is 24.8 Å². The van der Waals surface area contributed by atoms with Gasteiger partial charge in [-0.3, -0.25) is 0 Å². The van der Waals surface area contributed by atoms with Gasteiger partial charge in [0.05, 0.1) is 18.1 Å². The van der Waals surface area contributed by atoms with Crippen molar-refractivity contribution in [1.82, 2.24) is 15.5 Å². The Balaban J connectivity index is 0.000000845. The first-order chi connectivity index (χ1) is 5.97. The van der Waals surface area contributed by atoms with E-state index in [0.717, 1.165) is 26.2 Å². The lowest BCUT2D eigenvalue weighted by Gasteiger charge is -2.28. The fraction of sp³-hybridized carbons (Fsp3) is 0.500. The topological polar surface area (TPSA) is 41.0 Å². The molecule has 4 nitrogen and oxygen atoms in total. The van der Waals surface area contributed by atoms with E-state index < -0.39 is 0 Å². The second-order valence-electron chi connectivity index (χ2n) is 2.84. The minimum Gasteiger partial charge on any atom is -0.368 e. The summed E-state index contributed by atoms with van der Waals surface area (Å²) in [5.41, 5.74) is 1.17. The van der Waals surface area contributed by atoms with Crippen molar-refractivity contribution in [2.75, 3.05) is 31.1 Å². The Labute approximate surface area is 95.9 Å². The second-order valence-corrected chi connectivity index (χ2v) is 2.84. The molecule has 80 valence electrons. The summed E-state index contributed by atoms with van der Waals surface area (Å²) in [5, 5.41) is 10.9. The first-order valence-electron chi connectivity index (χ1n) is 4.19. The molecule has 6 heteroatoms. The molecule has 0 unspecified atom stereocenters. The van der Waals surface area contributed by atoms with Gasteiger partial charge >= 0.3 is 0 Å². The van der Waals surface area contributed by atoms with Gasteiger partial charge in [0.1, 0.15) is 0 Å². The van der Waals surface area contributed by atoms with E-state index in [2.05, 4.69) is 20.4 Å². The van der Waals surface area contributed by atoms with Gasteiger partial charge in [-0.25, -0.2) is 0 Å². The summed E-state index contributed by atoms with van der Waals surface area (Å²) < 4.78 is 0. The number of halogens is 2. The molecule has 0 bridgehead atoms. The molecule has 1 aromatic rings. The highest BCUT2D eigenvalue weighted by Crippen LogP contribution is 2.10. The SMILES string of the molecule is Cl.Cl.c1cc(N2CCNCC2)cnn1. The molecule has 1 saturated heterocycles. The minimum atomic E-state index is 0. The molecule has 0 amide bonds. The van der Waals surface area contributed by atoms with Crippen molar-refractivity contribution in [3.05, 3.63) is 18.5 Å². The van der Waals surface area contributed by atoms with Crippen molar-refractivity contribution < 1.29 is 0 Å². The first-order valence-corrected chi connectivity index (χ1v) is 4.19. The number of nitrogens with zero attached hydrogens (tertiary/aromatic N) is 3. The van der Waals surface area contributed by atoms with Gasteiger partial charge in [-0.15, -0.1) is 24.8 Å². The third kappa shape index (κ3) is 3.29. The second kappa shape index (κ2) is 6.81. The van der Waals surface area contributed by atoms with Crippen molar-refractivity contribution in [2.24, 2.45) is 0 Å². The predicted octanol–water partition coefficient (Wildman–Crippen LogP) is 0.730. The monoisotopic (exact) mass is 236 g/mol. The zero-order chi connectivity index (χ0) is 8.23. The molecule has 0 saturated carbocycles. The van der Waals surface area contributed by atoms with E-state index in [1.165, 1.54) is 5.69 Å². The minimum absolute atomic E-state index is 0. The Morgan fingerprint density at radius 1 is 1.14 bits per heavy atom. The highest BCUT2D eigenvalue weighted by molar-refractivity contribution is 5.85. The molecular weight excluding hydrogens is 223 g/mol. The summed E-state index contributed by atoms with van der Waals surface area (Å²) >= 11 is 0. The van der Waals surface area contributed by atoms with E-state index in [9.17, 15) is 0 Å². The van der Waals surface area contributed by atoms with Crippen LogP contribution in [0.4, 0.5) is 5.69 Å². The molecule has 1 aliphatic rings. The van der Waals surface area contributed by atoms with E-state index in [1.807, 2.05) is 12.3 Å². The molecule has 2 heterocycles. The number of anilines is 1. The van der Waals surface area contributed by atoms with E-state index in [4.69, 9.17) is 0 Å². The summed E-state index contributed by atoms with van der Waals surface area (Å²) in [5.74, 6) is 0. The van der Waals surface area contributed by atoms with E-state index in [1.54, 1.807) is 6.20 Å². The molecule has 2 rings (SSSR count). The van der Waals surface area contributed by atoms with Gasteiger partial charge in [0.15, 0.2) is 0 Å². The van der Waals surface area contributed by atoms with Crippen LogP contribution in [0.15, 0.2) is 18.5 Å². The number of aromatic nitrogens is 2. The Bertz CT molecular complexity index is 238. The van der Waals surface area contributed by atoms with Gasteiger partial charge < -0.3 is 10.2 Å². The fourth-order valence-corrected chi connectivity index (χ4v) is 1.39. The van der Waals surface area contributed by atoms with Crippen LogP contribution in [0.25, 0.3) is 0 Å². The lowest BCUT2D eigenvalue weighted by Crippen LogP contribution is -2.43. The van der Waals surface area contributed by atoms with E-state index >= 15 is 0 Å². The van der Waals surface area contributed by atoms with Crippen molar-refractivity contribution in [1.29, 1.82) is 0 Å². The van der Waals surface area contributed by atoms with Crippen LogP contribution in [0.1, 0.15) is 0 Å². The van der Waals surface area contributed by atoms with Gasteiger partial charge in [-0.05, 0) is 6.07 Å². The number of nitrogens with one attached hydrogen (secondary N) is 1. The van der Waals surface area contributed by atoms with Gasteiger partial charge in [0.25, 0.3) is 0 Å². The standard InChI is InChI=1S/C8H12N4.2ClH/c1-2-10-11-7-8(1)12-5-3-9-4-6-12;;/h1-2,7,9H,3-6H2;2*1H. The lowest BCUT2D eigenvalue weighted by atomic mass is 10.3. The quantitative estimate of drug-likeness (QED) is 0.781. The number of hydrogen-bond donors (Lipinski definition) is 1. The van der Waals surface area contributed by atoms with Gasteiger partial charge in [-0.2, -0.15) is 10.2 Å². The summed E-state index contributed by atoms with van der Waals surface area (Å²) in [4.78, 5) is 2.31. The maximum atomic E-state index is 3.85. The van der Waals surface area contributed by atoms with E-state index in [0.29, 0.717) is 0 Å². The molecule has 0 spiro atoms. The Hall–Kier alpha value is -0.580. The van der Waals surface area contributed by atoms with Crippen LogP contribution in [0.2, 0.25) is 0 Å². The largest absolute Gasteiger partial charge is 0.368 e. The normalized spacial score (nSPS) is 15.3. The third-order valence-electron chi connectivity index (χ3n) is 2.05. The summed E-state index contributed by atoms with van der Waals surface area (Å²) in [6.45, 7) is 4.24. The summed E-state index contributed by atoms with van der Waals surface area (Å²) in [6.07, 6.45) is 3.54. The highest BCUT2D eigenvalue weighted by Gasteiger charge is 2.09. The number of hydrogen-bond acceptors (Lipinski definition) is 4. The number of piperazine rings is 1. The van der Waals surface area contributed by atoms with Crippen LogP contribution in [0, 0.1) is 0 Å². The van der Waals surface area contributed by atoms with Gasteiger partial charge in [-0.1, -0.05) is 0 Å². The lowest BCUT2D eigenvalue weighted by molar-refractivity contribution is 0.588. The van der Waals surface area contributed by atoms with Crippen molar-refractivity contribution >= 4 is 30.5 Å². The maximum absolute atomic E-state index is 3.85. The number of rotatable bonds is 1. The Kier molecular flexibility index (Phi) is 6.53. The highest BCUT2D eigenvalue weighted by atomic mass is 35.5. The van der Waals surface area contributed by atoms with Crippen LogP contribution < -0.4 is 10.2 Å². The van der Waals surface area contributed by atoms with Crippen LogP contribution in [-0.4, -0.2) is 36.4 Å². The predicted molar refractivity (Wildman–Crippen MR) is 61.6 cm³/mol. The zero-order valence-corrected chi connectivity index (χ0v) is 9.35. The third-order valence-corrected chi connectivity index (χ3v) is 2.05. The molecule has 1 aromatic heterocycles. The Morgan fingerprint density at radius 2 is 1.86 bits per heavy atom. The molecular formula is C8H14Cl2N4. The summed E-state index contributed by atoms with van der Waals surface area (Å²) in [6, 6.07) is 2.00. The molecule has 1 fully saturated rings. The fourth-order valence-electron chi connectivity index (χ4n) is 1.39. The molecule has 14 heavy (non-hydrogen) atoms. The van der Waals surface area contributed by atoms with Crippen molar-refractivity contribution in [3.63, 3.8) is 0 Å². The molecule has 0 radical (unpaired) electrons. The molecule has 0 aromatic carbocycles. The van der Waals surface area contributed by atoms with Crippen molar-refractivity contribution in [3.8, 4) is 0 Å². The van der Waals surface area contributed by atoms with Gasteiger partial charge in [0.2, 0.25) is 0 Å². The summed E-state index contributed by atoms with van der Waals surface area (Å²) in [7, 11) is 0. The average Bonchev–Trinajstić information content (AvgIpc) is 2.21. The van der Waals surface area contributed by atoms with E-state index in [-0.39, 0.29) is 24.8 Å². The molecule has 0 atom stereocenters. The smallest absolute Gasteiger partial charge is 0.0729 e. The first kappa shape index (κ1) is 13.4. The zero-order valence-electron chi connectivity index (χ0n) is 7.72. The van der Waals surface area contributed by atoms with Crippen LogP contribution in [-0.2, 0) is 0 Å². The molecule has 1 N–H and O–H groups in total.